The molecule has 0 aliphatic rings. The molecule has 0 atom stereocenters. The second-order valence-corrected chi connectivity index (χ2v) is 12.9. The maximum atomic E-state index is 2.44. The molecule has 0 unspecified atom stereocenters. The zero-order chi connectivity index (χ0) is 32.3. The van der Waals surface area contributed by atoms with Crippen molar-refractivity contribution >= 4 is 43.4 Å². The molecule has 0 aliphatic carbocycles. The molecule has 0 amide bonds. The Morgan fingerprint density at radius 2 is 0.796 bits per heavy atom. The Morgan fingerprint density at radius 1 is 0.286 bits per heavy atom. The number of aromatic nitrogens is 1. The molecule has 0 spiro atoms. The van der Waals surface area contributed by atoms with Gasteiger partial charge in [-0.3, -0.25) is 0 Å². The van der Waals surface area contributed by atoms with Crippen molar-refractivity contribution < 1.29 is 0 Å². The first-order chi connectivity index (χ1) is 24.3. The fraction of sp³-hybridized carbons (Fsp3) is 0. The standard InChI is InChI=1S/C48H31N/c1-4-13-32(14-5-1)36-28-37(33-15-6-2-7-16-33)30-38(29-36)41-25-26-42(44-21-11-10-20-43(41)44)39-27-35-24-23-34-17-12-22-45-47(34)48(35)46(31-39)49(45)40-18-8-3-9-19-40/h1-31H. The molecule has 49 heavy (non-hydrogen) atoms. The van der Waals surface area contributed by atoms with Crippen molar-refractivity contribution in [1.29, 1.82) is 0 Å². The highest BCUT2D eigenvalue weighted by Gasteiger charge is 2.19. The van der Waals surface area contributed by atoms with Gasteiger partial charge in [0, 0.05) is 16.5 Å². The van der Waals surface area contributed by atoms with Crippen molar-refractivity contribution in [3.05, 3.63) is 188 Å². The Hall–Kier alpha value is -6.44. The van der Waals surface area contributed by atoms with Crippen molar-refractivity contribution in [2.75, 3.05) is 0 Å². The van der Waals surface area contributed by atoms with Gasteiger partial charge < -0.3 is 4.57 Å². The van der Waals surface area contributed by atoms with E-state index >= 15 is 0 Å². The second kappa shape index (κ2) is 11.1. The Balaban J connectivity index is 1.21. The maximum Gasteiger partial charge on any atom is 0.0553 e. The molecular formula is C48H31N. The summed E-state index contributed by atoms with van der Waals surface area (Å²) in [4.78, 5) is 0. The molecule has 10 rings (SSSR count). The topological polar surface area (TPSA) is 4.93 Å². The SMILES string of the molecule is c1ccc(-c2cc(-c3ccccc3)cc(-c3ccc(-c4cc5ccc6cccc7c6c5c(c4)n7-c4ccccc4)c4ccccc34)c2)cc1. The van der Waals surface area contributed by atoms with Crippen LogP contribution in [-0.2, 0) is 0 Å². The summed E-state index contributed by atoms with van der Waals surface area (Å²) < 4.78 is 2.44. The molecule has 1 nitrogen and oxygen atoms in total. The third kappa shape index (κ3) is 4.47. The van der Waals surface area contributed by atoms with Gasteiger partial charge in [-0.1, -0.05) is 140 Å². The van der Waals surface area contributed by atoms with E-state index in [1.54, 1.807) is 0 Å². The van der Waals surface area contributed by atoms with Gasteiger partial charge in [-0.25, -0.2) is 0 Å². The van der Waals surface area contributed by atoms with E-state index in [2.05, 4.69) is 193 Å². The predicted molar refractivity (Wildman–Crippen MR) is 209 cm³/mol. The van der Waals surface area contributed by atoms with Crippen LogP contribution in [0.25, 0.3) is 93.5 Å². The van der Waals surface area contributed by atoms with Gasteiger partial charge in [0.05, 0.1) is 11.0 Å². The largest absolute Gasteiger partial charge is 0.309 e. The molecule has 0 saturated heterocycles. The van der Waals surface area contributed by atoms with E-state index in [1.165, 1.54) is 93.5 Å². The molecule has 1 heteroatoms. The van der Waals surface area contributed by atoms with Gasteiger partial charge in [0.25, 0.3) is 0 Å². The molecule has 1 aromatic heterocycles. The highest BCUT2D eigenvalue weighted by Crippen LogP contribution is 2.44. The molecule has 10 aromatic rings. The van der Waals surface area contributed by atoms with Gasteiger partial charge in [0.15, 0.2) is 0 Å². The van der Waals surface area contributed by atoms with E-state index in [9.17, 15) is 0 Å². The van der Waals surface area contributed by atoms with E-state index in [-0.39, 0.29) is 0 Å². The number of rotatable bonds is 5. The molecular weight excluding hydrogens is 591 g/mol. The van der Waals surface area contributed by atoms with E-state index in [0.29, 0.717) is 0 Å². The minimum atomic E-state index is 1.18. The van der Waals surface area contributed by atoms with Crippen LogP contribution in [0.5, 0.6) is 0 Å². The molecule has 0 radical (unpaired) electrons. The van der Waals surface area contributed by atoms with Crippen LogP contribution in [0.15, 0.2) is 188 Å². The number of fused-ring (bicyclic) bond motifs is 1. The Kier molecular flexibility index (Phi) is 6.25. The average molecular weight is 622 g/mol. The number of nitrogens with zero attached hydrogens (tertiary/aromatic N) is 1. The van der Waals surface area contributed by atoms with Crippen molar-refractivity contribution in [2.24, 2.45) is 0 Å². The Morgan fingerprint density at radius 3 is 1.43 bits per heavy atom. The summed E-state index contributed by atoms with van der Waals surface area (Å²) in [6, 6.07) is 68.8. The molecule has 1 heterocycles. The summed E-state index contributed by atoms with van der Waals surface area (Å²) in [7, 11) is 0. The number of hydrogen-bond donors (Lipinski definition) is 0. The van der Waals surface area contributed by atoms with E-state index in [1.807, 2.05) is 0 Å². The van der Waals surface area contributed by atoms with E-state index < -0.39 is 0 Å². The zero-order valence-electron chi connectivity index (χ0n) is 26.8. The first-order valence-corrected chi connectivity index (χ1v) is 16.9. The van der Waals surface area contributed by atoms with Crippen LogP contribution in [0.3, 0.4) is 0 Å². The van der Waals surface area contributed by atoms with Crippen molar-refractivity contribution in [2.45, 2.75) is 0 Å². The zero-order valence-corrected chi connectivity index (χ0v) is 26.8. The van der Waals surface area contributed by atoms with Crippen molar-refractivity contribution in [3.63, 3.8) is 0 Å². The normalized spacial score (nSPS) is 11.7. The highest BCUT2D eigenvalue weighted by atomic mass is 15.0. The average Bonchev–Trinajstić information content (AvgIpc) is 3.52. The fourth-order valence-electron chi connectivity index (χ4n) is 7.88. The summed E-state index contributed by atoms with van der Waals surface area (Å²) in [6.07, 6.45) is 0. The minimum Gasteiger partial charge on any atom is -0.309 e. The molecule has 0 bridgehead atoms. The Labute approximate surface area is 285 Å². The van der Waals surface area contributed by atoms with Crippen LogP contribution in [0, 0.1) is 0 Å². The van der Waals surface area contributed by atoms with Gasteiger partial charge in [0.2, 0.25) is 0 Å². The molecule has 9 aromatic carbocycles. The molecule has 0 aliphatic heterocycles. The molecule has 0 fully saturated rings. The number of benzene rings is 9. The first-order valence-electron chi connectivity index (χ1n) is 16.9. The van der Waals surface area contributed by atoms with Gasteiger partial charge in [-0.15, -0.1) is 0 Å². The number of para-hydroxylation sites is 1. The third-order valence-electron chi connectivity index (χ3n) is 10.1. The molecule has 0 N–H and O–H groups in total. The lowest BCUT2D eigenvalue weighted by Gasteiger charge is -2.16. The lowest BCUT2D eigenvalue weighted by molar-refractivity contribution is 1.18. The summed E-state index contributed by atoms with van der Waals surface area (Å²) in [5, 5.41) is 7.70. The molecule has 228 valence electrons. The van der Waals surface area contributed by atoms with Crippen molar-refractivity contribution in [1.82, 2.24) is 4.57 Å². The minimum absolute atomic E-state index is 1.18. The van der Waals surface area contributed by atoms with Crippen LogP contribution in [0.1, 0.15) is 0 Å². The smallest absolute Gasteiger partial charge is 0.0553 e. The Bertz CT molecular complexity index is 2730. The summed E-state index contributed by atoms with van der Waals surface area (Å²) in [6.45, 7) is 0. The summed E-state index contributed by atoms with van der Waals surface area (Å²) >= 11 is 0. The second-order valence-electron chi connectivity index (χ2n) is 12.9. The summed E-state index contributed by atoms with van der Waals surface area (Å²) in [5.74, 6) is 0. The summed E-state index contributed by atoms with van der Waals surface area (Å²) in [5.41, 5.74) is 13.4. The van der Waals surface area contributed by atoms with Crippen LogP contribution in [0.2, 0.25) is 0 Å². The van der Waals surface area contributed by atoms with Crippen molar-refractivity contribution in [3.8, 4) is 50.2 Å². The lowest BCUT2D eigenvalue weighted by Crippen LogP contribution is -1.93. The van der Waals surface area contributed by atoms with E-state index in [4.69, 9.17) is 0 Å². The monoisotopic (exact) mass is 621 g/mol. The van der Waals surface area contributed by atoms with Gasteiger partial charge in [0.1, 0.15) is 0 Å². The highest BCUT2D eigenvalue weighted by molar-refractivity contribution is 6.25. The van der Waals surface area contributed by atoms with Crippen LogP contribution < -0.4 is 0 Å². The maximum absolute atomic E-state index is 2.44. The molecule has 0 saturated carbocycles. The predicted octanol–water partition coefficient (Wildman–Crippen LogP) is 13.2. The first kappa shape index (κ1) is 27.7. The number of hydrogen-bond acceptors (Lipinski definition) is 0. The van der Waals surface area contributed by atoms with E-state index in [0.717, 1.165) is 0 Å². The fourth-order valence-corrected chi connectivity index (χ4v) is 7.88. The van der Waals surface area contributed by atoms with Crippen LogP contribution in [0.4, 0.5) is 0 Å². The van der Waals surface area contributed by atoms with Gasteiger partial charge in [-0.2, -0.15) is 0 Å². The third-order valence-corrected chi connectivity index (χ3v) is 10.1. The van der Waals surface area contributed by atoms with Crippen LogP contribution >= 0.6 is 0 Å². The quantitative estimate of drug-likeness (QED) is 0.169. The lowest BCUT2D eigenvalue weighted by atomic mass is 9.88. The van der Waals surface area contributed by atoms with Gasteiger partial charge >= 0.3 is 0 Å². The van der Waals surface area contributed by atoms with Gasteiger partial charge in [-0.05, 0) is 115 Å². The van der Waals surface area contributed by atoms with Crippen LogP contribution in [-0.4, -0.2) is 4.57 Å².